The fourth-order valence-corrected chi connectivity index (χ4v) is 2.37. The Balaban J connectivity index is 2.22. The molecule has 0 fully saturated rings. The van der Waals surface area contributed by atoms with E-state index in [9.17, 15) is 0 Å². The molecule has 2 aromatic rings. The zero-order valence-electron chi connectivity index (χ0n) is 12.0. The average Bonchev–Trinajstić information content (AvgIpc) is 2.92. The second-order valence-corrected chi connectivity index (χ2v) is 4.70. The number of hydrogen-bond donors (Lipinski definition) is 2. The Morgan fingerprint density at radius 2 is 2.20 bits per heavy atom. The molecule has 1 heterocycles. The molecule has 108 valence electrons. The van der Waals surface area contributed by atoms with Crippen LogP contribution in [0.2, 0.25) is 0 Å². The second kappa shape index (κ2) is 7.07. The summed E-state index contributed by atoms with van der Waals surface area (Å²) in [7, 11) is 1.67. The van der Waals surface area contributed by atoms with E-state index >= 15 is 0 Å². The van der Waals surface area contributed by atoms with E-state index in [2.05, 4.69) is 21.9 Å². The molecule has 3 N–H and O–H groups in total. The molecule has 20 heavy (non-hydrogen) atoms. The first-order valence-corrected chi connectivity index (χ1v) is 6.89. The van der Waals surface area contributed by atoms with Gasteiger partial charge in [-0.1, -0.05) is 25.1 Å². The summed E-state index contributed by atoms with van der Waals surface area (Å²) in [5.74, 6) is 7.59. The molecule has 0 amide bonds. The number of benzene rings is 1. The van der Waals surface area contributed by atoms with Gasteiger partial charge in [-0.25, -0.2) is 4.98 Å². The maximum absolute atomic E-state index is 5.73. The van der Waals surface area contributed by atoms with Gasteiger partial charge < -0.3 is 9.30 Å². The van der Waals surface area contributed by atoms with Gasteiger partial charge in [-0.3, -0.25) is 11.3 Å². The van der Waals surface area contributed by atoms with Crippen molar-refractivity contribution in [1.82, 2.24) is 15.0 Å². The Labute approximate surface area is 119 Å². The van der Waals surface area contributed by atoms with Gasteiger partial charge >= 0.3 is 0 Å². The van der Waals surface area contributed by atoms with E-state index < -0.39 is 0 Å². The molecule has 2 rings (SSSR count). The number of hydrazine groups is 1. The third-order valence-corrected chi connectivity index (χ3v) is 3.37. The van der Waals surface area contributed by atoms with Crippen molar-refractivity contribution >= 4 is 0 Å². The normalized spacial score (nSPS) is 12.3. The number of imidazole rings is 1. The van der Waals surface area contributed by atoms with Gasteiger partial charge in [-0.2, -0.15) is 0 Å². The molecule has 0 bridgehead atoms. The van der Waals surface area contributed by atoms with E-state index in [1.54, 1.807) is 7.11 Å². The van der Waals surface area contributed by atoms with Crippen LogP contribution >= 0.6 is 0 Å². The lowest BCUT2D eigenvalue weighted by Crippen LogP contribution is -2.30. The maximum atomic E-state index is 5.73. The molecule has 0 radical (unpaired) electrons. The fraction of sp³-hybridized carbons (Fsp3) is 0.400. The summed E-state index contributed by atoms with van der Waals surface area (Å²) in [4.78, 5) is 4.43. The molecule has 1 aromatic carbocycles. The maximum Gasteiger partial charge on any atom is 0.123 e. The van der Waals surface area contributed by atoms with Crippen LogP contribution < -0.4 is 16.0 Å². The molecule has 0 aliphatic heterocycles. The number of aromatic nitrogens is 2. The lowest BCUT2D eigenvalue weighted by Gasteiger charge is -2.19. The molecule has 0 saturated heterocycles. The zero-order chi connectivity index (χ0) is 14.4. The van der Waals surface area contributed by atoms with Crippen LogP contribution in [-0.2, 0) is 13.0 Å². The molecule has 0 saturated carbocycles. The summed E-state index contributed by atoms with van der Waals surface area (Å²) in [6.45, 7) is 3.13. The van der Waals surface area contributed by atoms with E-state index in [1.807, 2.05) is 36.7 Å². The summed E-state index contributed by atoms with van der Waals surface area (Å²) in [6, 6.07) is 7.88. The smallest absolute Gasteiger partial charge is 0.123 e. The van der Waals surface area contributed by atoms with E-state index in [0.717, 1.165) is 36.5 Å². The Morgan fingerprint density at radius 3 is 2.90 bits per heavy atom. The van der Waals surface area contributed by atoms with Crippen molar-refractivity contribution in [2.24, 2.45) is 5.84 Å². The summed E-state index contributed by atoms with van der Waals surface area (Å²) in [5, 5.41) is 0. The molecule has 0 spiro atoms. The van der Waals surface area contributed by atoms with Gasteiger partial charge in [-0.05, 0) is 12.5 Å². The fourth-order valence-electron chi connectivity index (χ4n) is 2.37. The molecule has 1 unspecified atom stereocenters. The molecule has 1 aromatic heterocycles. The van der Waals surface area contributed by atoms with E-state index in [4.69, 9.17) is 10.6 Å². The molecule has 0 aliphatic carbocycles. The molecule has 1 atom stereocenters. The van der Waals surface area contributed by atoms with Crippen LogP contribution in [0.4, 0.5) is 0 Å². The summed E-state index contributed by atoms with van der Waals surface area (Å²) in [5.41, 5.74) is 3.91. The number of hydrogen-bond acceptors (Lipinski definition) is 4. The molecular weight excluding hydrogens is 252 g/mol. The highest BCUT2D eigenvalue weighted by atomic mass is 16.5. The first kappa shape index (κ1) is 14.6. The van der Waals surface area contributed by atoms with Crippen LogP contribution in [0.5, 0.6) is 5.75 Å². The molecular formula is C15H22N4O. The van der Waals surface area contributed by atoms with Crippen molar-refractivity contribution in [2.45, 2.75) is 32.4 Å². The Morgan fingerprint density at radius 1 is 1.40 bits per heavy atom. The highest BCUT2D eigenvalue weighted by molar-refractivity contribution is 5.36. The van der Waals surface area contributed by atoms with Gasteiger partial charge in [0.05, 0.1) is 13.2 Å². The molecule has 5 nitrogen and oxygen atoms in total. The van der Waals surface area contributed by atoms with Crippen molar-refractivity contribution in [1.29, 1.82) is 0 Å². The van der Waals surface area contributed by atoms with Gasteiger partial charge in [0, 0.05) is 30.9 Å². The predicted octanol–water partition coefficient (Wildman–Crippen LogP) is 2.05. The number of nitrogens with two attached hydrogens (primary N) is 1. The number of ether oxygens (including phenoxy) is 1. The minimum atomic E-state index is -0.0239. The monoisotopic (exact) mass is 274 g/mol. The quantitative estimate of drug-likeness (QED) is 0.599. The lowest BCUT2D eigenvalue weighted by atomic mass is 10.0. The van der Waals surface area contributed by atoms with Gasteiger partial charge in [0.2, 0.25) is 0 Å². The van der Waals surface area contributed by atoms with E-state index in [-0.39, 0.29) is 6.04 Å². The predicted molar refractivity (Wildman–Crippen MR) is 79.3 cm³/mol. The van der Waals surface area contributed by atoms with Crippen LogP contribution in [0.1, 0.15) is 30.8 Å². The Kier molecular flexibility index (Phi) is 5.15. The minimum absolute atomic E-state index is 0.0239. The second-order valence-electron chi connectivity index (χ2n) is 4.70. The topological polar surface area (TPSA) is 65.1 Å². The van der Waals surface area contributed by atoms with Gasteiger partial charge in [0.15, 0.2) is 0 Å². The highest BCUT2D eigenvalue weighted by Gasteiger charge is 2.17. The Bertz CT molecular complexity index is 538. The first-order valence-electron chi connectivity index (χ1n) is 6.89. The van der Waals surface area contributed by atoms with Crippen molar-refractivity contribution in [3.05, 3.63) is 48.0 Å². The van der Waals surface area contributed by atoms with Gasteiger partial charge in [0.1, 0.15) is 11.6 Å². The summed E-state index contributed by atoms with van der Waals surface area (Å²) < 4.78 is 7.57. The molecule has 5 heteroatoms. The van der Waals surface area contributed by atoms with E-state index in [0.29, 0.717) is 0 Å². The number of aryl methyl sites for hydroxylation is 1. The van der Waals surface area contributed by atoms with Crippen LogP contribution in [0, 0.1) is 0 Å². The highest BCUT2D eigenvalue weighted by Crippen LogP contribution is 2.26. The Hall–Kier alpha value is -1.85. The number of methoxy groups -OCH3 is 1. The van der Waals surface area contributed by atoms with Crippen LogP contribution in [0.3, 0.4) is 0 Å². The van der Waals surface area contributed by atoms with Crippen molar-refractivity contribution < 1.29 is 4.74 Å². The lowest BCUT2D eigenvalue weighted by molar-refractivity contribution is 0.397. The number of nitrogens with one attached hydrogen (secondary N) is 1. The van der Waals surface area contributed by atoms with Crippen LogP contribution in [0.25, 0.3) is 0 Å². The number of para-hydroxylation sites is 1. The summed E-state index contributed by atoms with van der Waals surface area (Å²) in [6.07, 6.45) is 5.65. The number of rotatable bonds is 7. The first-order chi connectivity index (χ1) is 9.80. The number of nitrogens with zero attached hydrogens (tertiary/aromatic N) is 2. The third kappa shape index (κ3) is 3.18. The zero-order valence-corrected chi connectivity index (χ0v) is 12.0. The molecule has 0 aliphatic rings. The van der Waals surface area contributed by atoms with Crippen molar-refractivity contribution in [3.8, 4) is 5.75 Å². The average molecular weight is 274 g/mol. The van der Waals surface area contributed by atoms with Gasteiger partial charge in [0.25, 0.3) is 0 Å². The van der Waals surface area contributed by atoms with Crippen LogP contribution in [-0.4, -0.2) is 16.7 Å². The minimum Gasteiger partial charge on any atom is -0.496 e. The third-order valence-electron chi connectivity index (χ3n) is 3.37. The van der Waals surface area contributed by atoms with Crippen molar-refractivity contribution in [3.63, 3.8) is 0 Å². The van der Waals surface area contributed by atoms with Crippen LogP contribution in [0.15, 0.2) is 36.7 Å². The van der Waals surface area contributed by atoms with Gasteiger partial charge in [-0.15, -0.1) is 0 Å². The largest absolute Gasteiger partial charge is 0.496 e. The standard InChI is InChI=1S/C15H22N4O/c1-3-9-19-10-8-17-15(19)11-13(18-16)12-6-4-5-7-14(12)20-2/h4-8,10,13,18H,3,9,11,16H2,1-2H3. The summed E-state index contributed by atoms with van der Waals surface area (Å²) >= 11 is 0. The SMILES string of the molecule is CCCn1ccnc1CC(NN)c1ccccc1OC. The van der Waals surface area contributed by atoms with Crippen molar-refractivity contribution in [2.75, 3.05) is 7.11 Å². The van der Waals surface area contributed by atoms with E-state index in [1.165, 1.54) is 0 Å².